The molecule has 2 aromatic carbocycles. The van der Waals surface area contributed by atoms with Crippen LogP contribution in [0.2, 0.25) is 0 Å². The Morgan fingerprint density at radius 3 is 2.63 bits per heavy atom. The number of carbonyl (C=O) groups is 2. The first-order chi connectivity index (χ1) is 14.5. The van der Waals surface area contributed by atoms with Gasteiger partial charge in [-0.2, -0.15) is 0 Å². The van der Waals surface area contributed by atoms with Crippen LogP contribution >= 0.6 is 11.3 Å². The second kappa shape index (κ2) is 8.62. The summed E-state index contributed by atoms with van der Waals surface area (Å²) in [7, 11) is 0. The first-order valence-corrected chi connectivity index (χ1v) is 10.5. The minimum absolute atomic E-state index is 0.0398. The lowest BCUT2D eigenvalue weighted by Crippen LogP contribution is -2.24. The van der Waals surface area contributed by atoms with Crippen molar-refractivity contribution in [3.8, 4) is 5.75 Å². The van der Waals surface area contributed by atoms with Crippen LogP contribution in [0, 0.1) is 13.8 Å². The molecule has 2 amide bonds. The van der Waals surface area contributed by atoms with E-state index in [0.717, 1.165) is 21.8 Å². The number of ether oxygens (including phenoxy) is 1. The fourth-order valence-corrected chi connectivity index (χ4v) is 4.35. The maximum absolute atomic E-state index is 12.6. The highest BCUT2D eigenvalue weighted by Gasteiger charge is 2.34. The van der Waals surface area contributed by atoms with E-state index < -0.39 is 0 Å². The number of amides is 2. The Kier molecular flexibility index (Phi) is 5.76. The average Bonchev–Trinajstić information content (AvgIpc) is 3.33. The summed E-state index contributed by atoms with van der Waals surface area (Å²) in [6, 6.07) is 15.3. The van der Waals surface area contributed by atoms with Crippen molar-refractivity contribution >= 4 is 34.0 Å². The summed E-state index contributed by atoms with van der Waals surface area (Å²) in [6.45, 7) is 4.49. The molecule has 8 heteroatoms. The Bertz CT molecular complexity index is 1050. The van der Waals surface area contributed by atoms with Crippen molar-refractivity contribution in [2.24, 2.45) is 0 Å². The van der Waals surface area contributed by atoms with Gasteiger partial charge in [0.25, 0.3) is 5.91 Å². The van der Waals surface area contributed by atoms with E-state index in [-0.39, 0.29) is 24.3 Å². The lowest BCUT2D eigenvalue weighted by molar-refractivity contribution is -0.118. The molecule has 0 radical (unpaired) electrons. The molecule has 0 saturated carbocycles. The third-order valence-corrected chi connectivity index (χ3v) is 5.79. The number of aryl methyl sites for hydroxylation is 2. The van der Waals surface area contributed by atoms with Crippen molar-refractivity contribution < 1.29 is 14.3 Å². The van der Waals surface area contributed by atoms with Gasteiger partial charge in [0.1, 0.15) is 10.8 Å². The number of nitrogens with one attached hydrogen (secondary N) is 1. The molecule has 4 rings (SSSR count). The molecular weight excluding hydrogens is 400 g/mol. The van der Waals surface area contributed by atoms with Gasteiger partial charge in [-0.1, -0.05) is 35.6 Å². The predicted octanol–water partition coefficient (Wildman–Crippen LogP) is 3.69. The van der Waals surface area contributed by atoms with Gasteiger partial charge in [-0.05, 0) is 49.2 Å². The maximum Gasteiger partial charge on any atom is 0.264 e. The Hall–Kier alpha value is -3.26. The van der Waals surface area contributed by atoms with E-state index in [0.29, 0.717) is 23.8 Å². The molecule has 1 atom stereocenters. The summed E-state index contributed by atoms with van der Waals surface area (Å²) in [5.74, 6) is 0.353. The van der Waals surface area contributed by atoms with Gasteiger partial charge in [0.05, 0.1) is 0 Å². The van der Waals surface area contributed by atoms with Gasteiger partial charge in [-0.15, -0.1) is 10.2 Å². The molecule has 2 heterocycles. The summed E-state index contributed by atoms with van der Waals surface area (Å²) in [4.78, 5) is 26.5. The lowest BCUT2D eigenvalue weighted by Gasteiger charge is -2.17. The van der Waals surface area contributed by atoms with Crippen LogP contribution in [0.3, 0.4) is 0 Å². The van der Waals surface area contributed by atoms with Crippen LogP contribution in [0.15, 0.2) is 48.5 Å². The van der Waals surface area contributed by atoms with Crippen molar-refractivity contribution in [1.29, 1.82) is 0 Å². The molecule has 0 spiro atoms. The Balaban J connectivity index is 1.37. The first kappa shape index (κ1) is 20.0. The predicted molar refractivity (Wildman–Crippen MR) is 116 cm³/mol. The van der Waals surface area contributed by atoms with Crippen LogP contribution < -0.4 is 15.0 Å². The first-order valence-electron chi connectivity index (χ1n) is 9.67. The van der Waals surface area contributed by atoms with E-state index in [1.807, 2.05) is 44.2 Å². The second-order valence-electron chi connectivity index (χ2n) is 7.35. The van der Waals surface area contributed by atoms with Gasteiger partial charge in [0, 0.05) is 24.6 Å². The van der Waals surface area contributed by atoms with E-state index in [1.165, 1.54) is 11.3 Å². The topological polar surface area (TPSA) is 84.4 Å². The van der Waals surface area contributed by atoms with E-state index in [2.05, 4.69) is 21.6 Å². The minimum Gasteiger partial charge on any atom is -0.484 e. The number of hydrogen-bond donors (Lipinski definition) is 1. The Labute approximate surface area is 178 Å². The van der Waals surface area contributed by atoms with Crippen molar-refractivity contribution in [3.05, 3.63) is 64.7 Å². The molecule has 1 N–H and O–H groups in total. The quantitative estimate of drug-likeness (QED) is 0.655. The number of benzene rings is 2. The molecule has 1 aromatic heterocycles. The van der Waals surface area contributed by atoms with Gasteiger partial charge in [-0.3, -0.25) is 14.9 Å². The summed E-state index contributed by atoms with van der Waals surface area (Å²) in [6.07, 6.45) is 0.382. The number of carbonyl (C=O) groups excluding carboxylic acids is 2. The molecule has 1 fully saturated rings. The van der Waals surface area contributed by atoms with Crippen molar-refractivity contribution in [2.45, 2.75) is 26.2 Å². The monoisotopic (exact) mass is 422 g/mol. The van der Waals surface area contributed by atoms with Crippen LogP contribution in [0.1, 0.15) is 28.5 Å². The van der Waals surface area contributed by atoms with Crippen molar-refractivity contribution in [2.75, 3.05) is 23.4 Å². The van der Waals surface area contributed by atoms with E-state index >= 15 is 0 Å². The van der Waals surface area contributed by atoms with Crippen LogP contribution in [0.25, 0.3) is 0 Å². The number of nitrogens with zero attached hydrogens (tertiary/aromatic N) is 3. The number of hydrogen-bond acceptors (Lipinski definition) is 6. The van der Waals surface area contributed by atoms with E-state index in [9.17, 15) is 9.59 Å². The molecule has 30 heavy (non-hydrogen) atoms. The average molecular weight is 423 g/mol. The zero-order valence-corrected chi connectivity index (χ0v) is 17.6. The molecule has 154 valence electrons. The smallest absolute Gasteiger partial charge is 0.264 e. The SMILES string of the molecule is Cc1cc(C)cc(N2CC(c3nnc(NC(=O)COc4ccccc4)s3)CC2=O)c1. The summed E-state index contributed by atoms with van der Waals surface area (Å²) in [5.41, 5.74) is 3.16. The number of anilines is 2. The van der Waals surface area contributed by atoms with Gasteiger partial charge < -0.3 is 9.64 Å². The molecular formula is C22H22N4O3S. The highest BCUT2D eigenvalue weighted by atomic mass is 32.1. The summed E-state index contributed by atoms with van der Waals surface area (Å²) in [5, 5.41) is 12.1. The molecule has 1 aliphatic heterocycles. The largest absolute Gasteiger partial charge is 0.484 e. The Morgan fingerprint density at radius 1 is 1.17 bits per heavy atom. The highest BCUT2D eigenvalue weighted by molar-refractivity contribution is 7.15. The van der Waals surface area contributed by atoms with Gasteiger partial charge >= 0.3 is 0 Å². The molecule has 7 nitrogen and oxygen atoms in total. The van der Waals surface area contributed by atoms with Gasteiger partial charge in [0.15, 0.2) is 6.61 Å². The number of para-hydroxylation sites is 1. The zero-order valence-electron chi connectivity index (χ0n) is 16.8. The number of aromatic nitrogens is 2. The van der Waals surface area contributed by atoms with Gasteiger partial charge in [0.2, 0.25) is 11.0 Å². The third-order valence-electron chi connectivity index (χ3n) is 4.79. The van der Waals surface area contributed by atoms with Crippen LogP contribution in [-0.4, -0.2) is 35.2 Å². The minimum atomic E-state index is -0.305. The summed E-state index contributed by atoms with van der Waals surface area (Å²) < 4.78 is 5.44. The molecule has 1 saturated heterocycles. The third kappa shape index (κ3) is 4.65. The maximum atomic E-state index is 12.6. The molecule has 1 unspecified atom stereocenters. The zero-order chi connectivity index (χ0) is 21.1. The van der Waals surface area contributed by atoms with E-state index in [1.54, 1.807) is 17.0 Å². The standard InChI is InChI=1S/C22H22N4O3S/c1-14-8-15(2)10-17(9-14)26-12-16(11-20(26)28)21-24-25-22(30-21)23-19(27)13-29-18-6-4-3-5-7-18/h3-10,16H,11-13H2,1-2H3,(H,23,25,27). The highest BCUT2D eigenvalue weighted by Crippen LogP contribution is 2.34. The van der Waals surface area contributed by atoms with E-state index in [4.69, 9.17) is 4.74 Å². The fourth-order valence-electron chi connectivity index (χ4n) is 3.50. The molecule has 1 aliphatic rings. The Morgan fingerprint density at radius 2 is 1.90 bits per heavy atom. The second-order valence-corrected chi connectivity index (χ2v) is 8.36. The van der Waals surface area contributed by atoms with Crippen LogP contribution in [-0.2, 0) is 9.59 Å². The fraction of sp³-hybridized carbons (Fsp3) is 0.273. The number of rotatable bonds is 6. The summed E-state index contributed by atoms with van der Waals surface area (Å²) >= 11 is 1.30. The molecule has 0 bridgehead atoms. The van der Waals surface area contributed by atoms with Crippen molar-refractivity contribution in [3.63, 3.8) is 0 Å². The normalized spacial score (nSPS) is 16.0. The van der Waals surface area contributed by atoms with Crippen LogP contribution in [0.4, 0.5) is 10.8 Å². The molecule has 3 aromatic rings. The molecule has 0 aliphatic carbocycles. The van der Waals surface area contributed by atoms with Crippen molar-refractivity contribution in [1.82, 2.24) is 10.2 Å². The lowest BCUT2D eigenvalue weighted by atomic mass is 10.1. The van der Waals surface area contributed by atoms with Gasteiger partial charge in [-0.25, -0.2) is 0 Å². The van der Waals surface area contributed by atoms with Crippen LogP contribution in [0.5, 0.6) is 5.75 Å².